The second-order valence-electron chi connectivity index (χ2n) is 5.13. The van der Waals surface area contributed by atoms with Crippen LogP contribution < -0.4 is 0 Å². The molecule has 2 heteroatoms. The van der Waals surface area contributed by atoms with Crippen LogP contribution in [-0.4, -0.2) is 10.8 Å². The van der Waals surface area contributed by atoms with Crippen molar-refractivity contribution in [3.8, 4) is 11.1 Å². The lowest BCUT2D eigenvalue weighted by Gasteiger charge is -2.12. The molecule has 2 nitrogen and oxygen atoms in total. The Labute approximate surface area is 113 Å². The first kappa shape index (κ1) is 12.1. The molecular weight excluding hydrogens is 234 g/mol. The zero-order chi connectivity index (χ0) is 13.2. The fourth-order valence-electron chi connectivity index (χ4n) is 2.76. The van der Waals surface area contributed by atoms with Crippen LogP contribution in [0.3, 0.4) is 0 Å². The van der Waals surface area contributed by atoms with Crippen molar-refractivity contribution in [2.45, 2.75) is 32.6 Å². The Hall–Kier alpha value is -1.96. The van der Waals surface area contributed by atoms with E-state index in [9.17, 15) is 4.79 Å². The first-order valence-electron chi connectivity index (χ1n) is 6.85. The van der Waals surface area contributed by atoms with Crippen LogP contribution in [0.2, 0.25) is 0 Å². The molecule has 1 aromatic carbocycles. The molecule has 3 rings (SSSR count). The molecule has 1 aromatic heterocycles. The Morgan fingerprint density at radius 3 is 2.58 bits per heavy atom. The number of pyridine rings is 1. The molecule has 0 spiro atoms. The highest BCUT2D eigenvalue weighted by molar-refractivity contribution is 5.97. The number of carbonyl (C=O) groups excluding carboxylic acids is 1. The second kappa shape index (κ2) is 4.96. The molecule has 0 amide bonds. The molecule has 0 aliphatic heterocycles. The molecule has 0 N–H and O–H groups in total. The van der Waals surface area contributed by atoms with E-state index in [0.29, 0.717) is 12.1 Å². The third-order valence-electron chi connectivity index (χ3n) is 3.68. The van der Waals surface area contributed by atoms with E-state index in [0.717, 1.165) is 30.5 Å². The number of rotatable bonds is 1. The van der Waals surface area contributed by atoms with Gasteiger partial charge in [0.05, 0.1) is 0 Å². The number of hydrogen-bond acceptors (Lipinski definition) is 2. The van der Waals surface area contributed by atoms with Crippen LogP contribution in [0.1, 0.15) is 41.0 Å². The summed E-state index contributed by atoms with van der Waals surface area (Å²) < 4.78 is 0. The fourth-order valence-corrected chi connectivity index (χ4v) is 2.76. The van der Waals surface area contributed by atoms with Gasteiger partial charge in [-0.25, -0.2) is 4.98 Å². The zero-order valence-corrected chi connectivity index (χ0v) is 11.1. The van der Waals surface area contributed by atoms with Gasteiger partial charge in [-0.2, -0.15) is 0 Å². The van der Waals surface area contributed by atoms with Crippen molar-refractivity contribution in [2.24, 2.45) is 0 Å². The van der Waals surface area contributed by atoms with Gasteiger partial charge in [-0.3, -0.25) is 4.79 Å². The van der Waals surface area contributed by atoms with E-state index in [-0.39, 0.29) is 5.78 Å². The van der Waals surface area contributed by atoms with Crippen LogP contribution in [-0.2, 0) is 6.42 Å². The van der Waals surface area contributed by atoms with Crippen molar-refractivity contribution >= 4 is 5.78 Å². The minimum Gasteiger partial charge on any atom is -0.292 e. The van der Waals surface area contributed by atoms with Crippen LogP contribution >= 0.6 is 0 Å². The van der Waals surface area contributed by atoms with E-state index in [1.54, 1.807) is 0 Å². The summed E-state index contributed by atoms with van der Waals surface area (Å²) in [6.45, 7) is 1.96. The van der Waals surface area contributed by atoms with Gasteiger partial charge in [0.15, 0.2) is 5.78 Å². The van der Waals surface area contributed by atoms with Crippen LogP contribution in [0.25, 0.3) is 11.1 Å². The van der Waals surface area contributed by atoms with Gasteiger partial charge in [0.2, 0.25) is 0 Å². The predicted octanol–water partition coefficient (Wildman–Crippen LogP) is 3.97. The first-order chi connectivity index (χ1) is 9.25. The lowest BCUT2D eigenvalue weighted by atomic mass is 9.95. The summed E-state index contributed by atoms with van der Waals surface area (Å²) in [6, 6.07) is 12.4. The van der Waals surface area contributed by atoms with Gasteiger partial charge in [-0.15, -0.1) is 0 Å². The summed E-state index contributed by atoms with van der Waals surface area (Å²) >= 11 is 0. The van der Waals surface area contributed by atoms with Gasteiger partial charge < -0.3 is 0 Å². The van der Waals surface area contributed by atoms with Crippen molar-refractivity contribution in [1.29, 1.82) is 0 Å². The molecule has 0 saturated carbocycles. The molecular formula is C17H17NO. The standard InChI is InChI=1S/C17H17NO/c1-12-11-15(13-7-3-2-4-8-13)14-9-5-6-10-16(19)17(14)18-12/h2-4,7-8,11H,5-6,9-10H2,1H3. The number of aryl methyl sites for hydroxylation is 1. The maximum atomic E-state index is 12.2. The average molecular weight is 251 g/mol. The van der Waals surface area contributed by atoms with Crippen molar-refractivity contribution in [1.82, 2.24) is 4.98 Å². The smallest absolute Gasteiger partial charge is 0.181 e. The van der Waals surface area contributed by atoms with E-state index < -0.39 is 0 Å². The van der Waals surface area contributed by atoms with Gasteiger partial charge in [-0.05, 0) is 48.9 Å². The predicted molar refractivity (Wildman–Crippen MR) is 76.3 cm³/mol. The summed E-state index contributed by atoms with van der Waals surface area (Å²) in [6.07, 6.45) is 3.64. The Kier molecular flexibility index (Phi) is 3.16. The fraction of sp³-hybridized carbons (Fsp3) is 0.294. The molecule has 0 unspecified atom stereocenters. The third kappa shape index (κ3) is 2.30. The molecule has 0 fully saturated rings. The lowest BCUT2D eigenvalue weighted by molar-refractivity contribution is 0.0977. The highest BCUT2D eigenvalue weighted by Gasteiger charge is 2.20. The maximum absolute atomic E-state index is 12.2. The molecule has 0 bridgehead atoms. The minimum atomic E-state index is 0.202. The van der Waals surface area contributed by atoms with E-state index in [4.69, 9.17) is 0 Å². The maximum Gasteiger partial charge on any atom is 0.181 e. The van der Waals surface area contributed by atoms with Crippen LogP contribution in [0.5, 0.6) is 0 Å². The number of ketones is 1. The summed E-state index contributed by atoms with van der Waals surface area (Å²) in [5.74, 6) is 0.202. The number of aromatic nitrogens is 1. The monoisotopic (exact) mass is 251 g/mol. The molecule has 0 radical (unpaired) electrons. The quantitative estimate of drug-likeness (QED) is 0.718. The van der Waals surface area contributed by atoms with Crippen LogP contribution in [0.15, 0.2) is 36.4 Å². The number of fused-ring (bicyclic) bond motifs is 1. The van der Waals surface area contributed by atoms with Gasteiger partial charge in [0.25, 0.3) is 0 Å². The second-order valence-corrected chi connectivity index (χ2v) is 5.13. The van der Waals surface area contributed by atoms with E-state index in [1.807, 2.05) is 25.1 Å². The highest BCUT2D eigenvalue weighted by Crippen LogP contribution is 2.30. The summed E-state index contributed by atoms with van der Waals surface area (Å²) in [5, 5.41) is 0. The van der Waals surface area contributed by atoms with Gasteiger partial charge in [0.1, 0.15) is 5.69 Å². The topological polar surface area (TPSA) is 30.0 Å². The average Bonchev–Trinajstić information content (AvgIpc) is 2.62. The molecule has 0 saturated heterocycles. The van der Waals surface area contributed by atoms with Crippen LogP contribution in [0.4, 0.5) is 0 Å². The van der Waals surface area contributed by atoms with Crippen LogP contribution in [0, 0.1) is 6.92 Å². The van der Waals surface area contributed by atoms with Gasteiger partial charge >= 0.3 is 0 Å². The number of nitrogens with zero attached hydrogens (tertiary/aromatic N) is 1. The summed E-state index contributed by atoms with van der Waals surface area (Å²) in [4.78, 5) is 16.7. The minimum absolute atomic E-state index is 0.202. The normalized spacial score (nSPS) is 14.9. The number of hydrogen-bond donors (Lipinski definition) is 0. The number of carbonyl (C=O) groups is 1. The first-order valence-corrected chi connectivity index (χ1v) is 6.85. The molecule has 1 aliphatic rings. The van der Waals surface area contributed by atoms with Crippen molar-refractivity contribution in [2.75, 3.05) is 0 Å². The Bertz CT molecular complexity index is 617. The van der Waals surface area contributed by atoms with E-state index in [2.05, 4.69) is 23.2 Å². The Balaban J connectivity index is 2.23. The van der Waals surface area contributed by atoms with Gasteiger partial charge in [0, 0.05) is 12.1 Å². The number of Topliss-reactive ketones (excluding diaryl/α,β-unsaturated/α-hetero) is 1. The van der Waals surface area contributed by atoms with E-state index >= 15 is 0 Å². The van der Waals surface area contributed by atoms with Crippen molar-refractivity contribution < 1.29 is 4.79 Å². The largest absolute Gasteiger partial charge is 0.292 e. The molecule has 0 atom stereocenters. The molecule has 19 heavy (non-hydrogen) atoms. The van der Waals surface area contributed by atoms with Crippen molar-refractivity contribution in [3.63, 3.8) is 0 Å². The lowest BCUT2D eigenvalue weighted by Crippen LogP contribution is -2.06. The Morgan fingerprint density at radius 1 is 1.05 bits per heavy atom. The van der Waals surface area contributed by atoms with E-state index in [1.165, 1.54) is 11.1 Å². The number of benzene rings is 1. The molecule has 1 heterocycles. The summed E-state index contributed by atoms with van der Waals surface area (Å²) in [5.41, 5.74) is 5.13. The Morgan fingerprint density at radius 2 is 1.79 bits per heavy atom. The highest BCUT2D eigenvalue weighted by atomic mass is 16.1. The third-order valence-corrected chi connectivity index (χ3v) is 3.68. The molecule has 1 aliphatic carbocycles. The van der Waals surface area contributed by atoms with Gasteiger partial charge in [-0.1, -0.05) is 30.3 Å². The SMILES string of the molecule is Cc1cc(-c2ccccc2)c2c(n1)C(=O)CCCC2. The molecule has 2 aromatic rings. The zero-order valence-electron chi connectivity index (χ0n) is 11.1. The molecule has 96 valence electrons. The summed E-state index contributed by atoms with van der Waals surface area (Å²) in [7, 11) is 0. The van der Waals surface area contributed by atoms with Crippen molar-refractivity contribution in [3.05, 3.63) is 53.3 Å².